The van der Waals surface area contributed by atoms with Crippen LogP contribution in [-0.4, -0.2) is 18.9 Å². The second-order valence-corrected chi connectivity index (χ2v) is 4.97. The van der Waals surface area contributed by atoms with Gasteiger partial charge in [-0.05, 0) is 30.6 Å². The molecule has 2 nitrogen and oxygen atoms in total. The first-order chi connectivity index (χ1) is 8.09. The minimum absolute atomic E-state index is 0.0189. The van der Waals surface area contributed by atoms with Crippen molar-refractivity contribution in [2.45, 2.75) is 13.3 Å². The number of hydrogen-bond donors (Lipinski definition) is 1. The Morgan fingerprint density at radius 2 is 2.29 bits per heavy atom. The summed E-state index contributed by atoms with van der Waals surface area (Å²) in [7, 11) is 0. The Morgan fingerprint density at radius 1 is 1.59 bits per heavy atom. The molecule has 1 atom stereocenters. The maximum Gasteiger partial charge on any atom is 0.145 e. The van der Waals surface area contributed by atoms with Gasteiger partial charge in [-0.2, -0.15) is 0 Å². The van der Waals surface area contributed by atoms with E-state index in [1.807, 2.05) is 6.92 Å². The molecule has 4 heteroatoms. The predicted molar refractivity (Wildman–Crippen MR) is 65.6 cm³/mol. The Morgan fingerprint density at radius 3 is 2.88 bits per heavy atom. The summed E-state index contributed by atoms with van der Waals surface area (Å²) in [6.45, 7) is 3.67. The van der Waals surface area contributed by atoms with Gasteiger partial charge < -0.3 is 5.32 Å². The van der Waals surface area contributed by atoms with Crippen molar-refractivity contribution in [2.24, 2.45) is 11.8 Å². The summed E-state index contributed by atoms with van der Waals surface area (Å²) in [5.74, 6) is -0.0153. The number of nitrogens with one attached hydrogen (secondary N) is 1. The minimum Gasteiger partial charge on any atom is -0.316 e. The molecule has 1 aromatic carbocycles. The van der Waals surface area contributed by atoms with Gasteiger partial charge in [0.05, 0.1) is 5.02 Å². The number of ketones is 1. The fraction of sp³-hybridized carbons (Fsp3) is 0.462. The fourth-order valence-corrected chi connectivity index (χ4v) is 2.16. The van der Waals surface area contributed by atoms with Crippen LogP contribution in [0.25, 0.3) is 0 Å². The molecule has 0 aromatic heterocycles. The maximum absolute atomic E-state index is 13.6. The molecular weight excluding hydrogens is 241 g/mol. The number of halogens is 2. The molecule has 0 spiro atoms. The maximum atomic E-state index is 13.6. The number of carbonyl (C=O) groups excluding carboxylic acids is 1. The van der Waals surface area contributed by atoms with E-state index in [1.165, 1.54) is 6.07 Å². The first kappa shape index (κ1) is 12.5. The van der Waals surface area contributed by atoms with Gasteiger partial charge in [-0.1, -0.05) is 30.7 Å². The third kappa shape index (κ3) is 2.67. The Balaban J connectivity index is 2.04. The molecule has 1 unspecified atom stereocenters. The molecule has 2 rings (SSSR count). The normalized spacial score (nSPS) is 17.6. The lowest BCUT2D eigenvalue weighted by atomic mass is 9.84. The standard InChI is InChI=1S/C13H15ClFNO/c1-8(10-6-16-7-10)12(17)5-9-3-2-4-11(14)13(9)15/h2-4,8,10,16H,5-7H2,1H3. The van der Waals surface area contributed by atoms with E-state index in [2.05, 4.69) is 5.32 Å². The van der Waals surface area contributed by atoms with Crippen LogP contribution in [0.5, 0.6) is 0 Å². The van der Waals surface area contributed by atoms with Gasteiger partial charge in [0.1, 0.15) is 11.6 Å². The van der Waals surface area contributed by atoms with Crippen LogP contribution in [0.4, 0.5) is 4.39 Å². The fourth-order valence-electron chi connectivity index (χ4n) is 1.96. The molecule has 92 valence electrons. The molecule has 0 bridgehead atoms. The molecule has 0 aliphatic carbocycles. The molecule has 1 saturated heterocycles. The number of benzene rings is 1. The smallest absolute Gasteiger partial charge is 0.145 e. The Bertz CT molecular complexity index is 431. The molecule has 1 aromatic rings. The molecule has 1 aliphatic rings. The van der Waals surface area contributed by atoms with Crippen LogP contribution >= 0.6 is 11.6 Å². The largest absolute Gasteiger partial charge is 0.316 e. The van der Waals surface area contributed by atoms with Crippen LogP contribution in [0.1, 0.15) is 12.5 Å². The van der Waals surface area contributed by atoms with Gasteiger partial charge in [0.15, 0.2) is 0 Å². The van der Waals surface area contributed by atoms with Gasteiger partial charge >= 0.3 is 0 Å². The van der Waals surface area contributed by atoms with E-state index in [4.69, 9.17) is 11.6 Å². The summed E-state index contributed by atoms with van der Waals surface area (Å²) in [4.78, 5) is 12.0. The zero-order valence-electron chi connectivity index (χ0n) is 9.67. The topological polar surface area (TPSA) is 29.1 Å². The van der Waals surface area contributed by atoms with E-state index >= 15 is 0 Å². The first-order valence-electron chi connectivity index (χ1n) is 5.76. The highest BCUT2D eigenvalue weighted by molar-refractivity contribution is 6.30. The van der Waals surface area contributed by atoms with Crippen molar-refractivity contribution < 1.29 is 9.18 Å². The Hall–Kier alpha value is -0.930. The number of Topliss-reactive ketones (excluding diaryl/α,β-unsaturated/α-hetero) is 1. The molecule has 1 N–H and O–H groups in total. The number of rotatable bonds is 4. The lowest BCUT2D eigenvalue weighted by Crippen LogP contribution is -2.47. The van der Waals surface area contributed by atoms with Crippen LogP contribution in [0, 0.1) is 17.7 Å². The quantitative estimate of drug-likeness (QED) is 0.896. The Labute approximate surface area is 105 Å². The van der Waals surface area contributed by atoms with E-state index in [9.17, 15) is 9.18 Å². The monoisotopic (exact) mass is 255 g/mol. The summed E-state index contributed by atoms with van der Waals surface area (Å²) in [5, 5.41) is 3.21. The van der Waals surface area contributed by atoms with Gasteiger partial charge in [0.2, 0.25) is 0 Å². The average molecular weight is 256 g/mol. The van der Waals surface area contributed by atoms with E-state index in [0.717, 1.165) is 13.1 Å². The second-order valence-electron chi connectivity index (χ2n) is 4.56. The van der Waals surface area contributed by atoms with Gasteiger partial charge in [-0.25, -0.2) is 4.39 Å². The molecular formula is C13H15ClFNO. The predicted octanol–water partition coefficient (Wildman–Crippen LogP) is 2.45. The highest BCUT2D eigenvalue weighted by Crippen LogP contribution is 2.22. The summed E-state index contributed by atoms with van der Waals surface area (Å²) in [6, 6.07) is 4.78. The molecule has 1 fully saturated rings. The summed E-state index contributed by atoms with van der Waals surface area (Å²) in [5.41, 5.74) is 0.390. The zero-order chi connectivity index (χ0) is 12.4. The highest BCUT2D eigenvalue weighted by Gasteiger charge is 2.28. The van der Waals surface area contributed by atoms with Crippen molar-refractivity contribution in [1.82, 2.24) is 5.32 Å². The van der Waals surface area contributed by atoms with Crippen LogP contribution in [0.15, 0.2) is 18.2 Å². The molecule has 17 heavy (non-hydrogen) atoms. The van der Waals surface area contributed by atoms with Crippen molar-refractivity contribution >= 4 is 17.4 Å². The lowest BCUT2D eigenvalue weighted by molar-refractivity contribution is -0.123. The van der Waals surface area contributed by atoms with E-state index in [-0.39, 0.29) is 23.1 Å². The Kier molecular flexibility index (Phi) is 3.79. The first-order valence-corrected chi connectivity index (χ1v) is 6.13. The third-order valence-corrected chi connectivity index (χ3v) is 3.72. The van der Waals surface area contributed by atoms with Crippen LogP contribution in [0.2, 0.25) is 5.02 Å². The minimum atomic E-state index is -0.471. The van der Waals surface area contributed by atoms with Crippen molar-refractivity contribution in [3.63, 3.8) is 0 Å². The van der Waals surface area contributed by atoms with Crippen molar-refractivity contribution in [3.05, 3.63) is 34.6 Å². The van der Waals surface area contributed by atoms with Crippen LogP contribution in [0.3, 0.4) is 0 Å². The molecule has 1 aliphatic heterocycles. The van der Waals surface area contributed by atoms with Crippen molar-refractivity contribution in [2.75, 3.05) is 13.1 Å². The second kappa shape index (κ2) is 5.15. The van der Waals surface area contributed by atoms with Gasteiger partial charge in [-0.15, -0.1) is 0 Å². The molecule has 0 saturated carbocycles. The van der Waals surface area contributed by atoms with Crippen molar-refractivity contribution in [1.29, 1.82) is 0 Å². The van der Waals surface area contributed by atoms with E-state index in [0.29, 0.717) is 11.5 Å². The number of carbonyl (C=O) groups is 1. The average Bonchev–Trinajstić information content (AvgIpc) is 2.22. The van der Waals surface area contributed by atoms with E-state index in [1.54, 1.807) is 12.1 Å². The molecule has 1 heterocycles. The van der Waals surface area contributed by atoms with Crippen LogP contribution < -0.4 is 5.32 Å². The highest BCUT2D eigenvalue weighted by atomic mass is 35.5. The van der Waals surface area contributed by atoms with E-state index < -0.39 is 5.82 Å². The number of hydrogen-bond acceptors (Lipinski definition) is 2. The van der Waals surface area contributed by atoms with Gasteiger partial charge in [0, 0.05) is 12.3 Å². The van der Waals surface area contributed by atoms with Crippen LogP contribution in [-0.2, 0) is 11.2 Å². The van der Waals surface area contributed by atoms with Gasteiger partial charge in [-0.3, -0.25) is 4.79 Å². The van der Waals surface area contributed by atoms with Crippen molar-refractivity contribution in [3.8, 4) is 0 Å². The zero-order valence-corrected chi connectivity index (χ0v) is 10.4. The molecule has 0 amide bonds. The molecule has 0 radical (unpaired) electrons. The third-order valence-electron chi connectivity index (χ3n) is 3.42. The SMILES string of the molecule is CC(C(=O)Cc1cccc(Cl)c1F)C1CNC1. The summed E-state index contributed by atoms with van der Waals surface area (Å²) >= 11 is 5.68. The lowest BCUT2D eigenvalue weighted by Gasteiger charge is -2.31. The van der Waals surface area contributed by atoms with Gasteiger partial charge in [0.25, 0.3) is 0 Å². The summed E-state index contributed by atoms with van der Waals surface area (Å²) < 4.78 is 13.6. The summed E-state index contributed by atoms with van der Waals surface area (Å²) in [6.07, 6.45) is 0.129.